The minimum atomic E-state index is 0. The van der Waals surface area contributed by atoms with Crippen LogP contribution >= 0.6 is 11.3 Å². The molecule has 3 rings (SSSR count). The van der Waals surface area contributed by atoms with E-state index in [1.54, 1.807) is 11.3 Å². The molecule has 1 heterocycles. The molecule has 3 nitrogen and oxygen atoms in total. The van der Waals surface area contributed by atoms with Gasteiger partial charge in [0.1, 0.15) is 14.1 Å². The molecule has 1 aliphatic carbocycles. The van der Waals surface area contributed by atoms with Crippen LogP contribution in [-0.4, -0.2) is 26.1 Å². The second-order valence-electron chi connectivity index (χ2n) is 4.69. The molecule has 2 aliphatic rings. The number of benzene rings is 2. The Morgan fingerprint density at radius 3 is 2.60 bits per heavy atom. The first-order valence-electron chi connectivity index (χ1n) is 6.20. The maximum absolute atomic E-state index is 4.72. The standard InChI is InChI=1S/C15H15N3S.ClH/c1-16-10-4-6-12-14(8-10)19-15-9-11(18(2)3)5-7-13(15)17-12;/h4-9H,1-3H3;1H/i1-1;. The Morgan fingerprint density at radius 1 is 1.10 bits per heavy atom. The van der Waals surface area contributed by atoms with Gasteiger partial charge in [-0.25, -0.2) is 9.56 Å². The van der Waals surface area contributed by atoms with Gasteiger partial charge in [0.2, 0.25) is 5.36 Å². The van der Waals surface area contributed by atoms with Crippen molar-refractivity contribution in [1.82, 2.24) is 9.56 Å². The molecule has 1 aromatic carbocycles. The molecule has 20 heavy (non-hydrogen) atoms. The van der Waals surface area contributed by atoms with Crippen molar-refractivity contribution >= 4 is 27.2 Å². The molecule has 0 amide bonds. The highest BCUT2D eigenvalue weighted by Gasteiger charge is 2.08. The summed E-state index contributed by atoms with van der Waals surface area (Å²) in [6.07, 6.45) is 0. The van der Waals surface area contributed by atoms with Crippen LogP contribution in [0, 0.1) is 0 Å². The minimum Gasteiger partial charge on any atom is -1.00 e. The second-order valence-corrected chi connectivity index (χ2v) is 5.78. The molecule has 0 saturated carbocycles. The monoisotopic (exact) mass is 304 g/mol. The normalized spacial score (nSPS) is 10.3. The van der Waals surface area contributed by atoms with Crippen LogP contribution in [0.4, 0.5) is 5.69 Å². The second kappa shape index (κ2) is 5.77. The van der Waals surface area contributed by atoms with E-state index in [4.69, 9.17) is 4.98 Å². The average Bonchev–Trinajstić information content (AvgIpc) is 2.43. The van der Waals surface area contributed by atoms with Gasteiger partial charge in [-0.15, -0.1) is 11.3 Å². The zero-order valence-corrected chi connectivity index (χ0v) is 13.2. The summed E-state index contributed by atoms with van der Waals surface area (Å²) in [5.74, 6) is 0. The first-order valence-corrected chi connectivity index (χ1v) is 7.02. The van der Waals surface area contributed by atoms with E-state index < -0.39 is 0 Å². The van der Waals surface area contributed by atoms with Gasteiger partial charge in [0.15, 0.2) is 0 Å². The van der Waals surface area contributed by atoms with Gasteiger partial charge in [-0.1, -0.05) is 0 Å². The van der Waals surface area contributed by atoms with Crippen molar-refractivity contribution in [3.8, 4) is 10.6 Å². The van der Waals surface area contributed by atoms with E-state index in [0.29, 0.717) is 0 Å². The van der Waals surface area contributed by atoms with E-state index >= 15 is 0 Å². The van der Waals surface area contributed by atoms with Crippen LogP contribution in [0.15, 0.2) is 36.4 Å². The van der Waals surface area contributed by atoms with Crippen molar-refractivity contribution in [3.63, 3.8) is 0 Å². The van der Waals surface area contributed by atoms with Crippen molar-refractivity contribution in [1.29, 1.82) is 0 Å². The Balaban J connectivity index is 0.00000147. The number of halogens is 1. The van der Waals surface area contributed by atoms with Gasteiger partial charge >= 0.3 is 0 Å². The zero-order chi connectivity index (χ0) is 13.4. The molecule has 0 fully saturated rings. The Bertz CT molecular complexity index is 791. The highest BCUT2D eigenvalue weighted by molar-refractivity contribution is 7.21. The highest BCUT2D eigenvalue weighted by Crippen LogP contribution is 2.30. The number of hydrogen-bond acceptors (Lipinski definition) is 3. The molecule has 104 valence electrons. The fourth-order valence-corrected chi connectivity index (χ4v) is 3.09. The van der Waals surface area contributed by atoms with Crippen molar-refractivity contribution in [2.75, 3.05) is 26.5 Å². The lowest BCUT2D eigenvalue weighted by atomic mass is 10.2. The first kappa shape index (κ1) is 14.8. The van der Waals surface area contributed by atoms with E-state index in [0.717, 1.165) is 16.9 Å². The topological polar surface area (TPSA) is 27.9 Å². The van der Waals surface area contributed by atoms with Crippen molar-refractivity contribution in [2.24, 2.45) is 0 Å². The van der Waals surface area contributed by atoms with Crippen LogP contribution in [-0.2, 0) is 0 Å². The van der Waals surface area contributed by atoms with Gasteiger partial charge in [-0.3, -0.25) is 0 Å². The van der Waals surface area contributed by atoms with Crippen molar-refractivity contribution < 1.29 is 12.4 Å². The quantitative estimate of drug-likeness (QED) is 0.484. The molecule has 1 N–H and O–H groups in total. The van der Waals surface area contributed by atoms with Crippen LogP contribution in [0.25, 0.3) is 20.8 Å². The molecule has 0 radical (unpaired) electrons. The summed E-state index contributed by atoms with van der Waals surface area (Å²) in [7, 11) is 6.04. The number of rotatable bonds is 1. The third kappa shape index (κ3) is 2.62. The highest BCUT2D eigenvalue weighted by atomic mass is 35.5. The molecule has 0 spiro atoms. The Hall–Kier alpha value is -1.65. The largest absolute Gasteiger partial charge is 1.00 e. The minimum absolute atomic E-state index is 0. The van der Waals surface area contributed by atoms with Crippen LogP contribution in [0.2, 0.25) is 0 Å². The van der Waals surface area contributed by atoms with Gasteiger partial charge in [-0.2, -0.15) is 0 Å². The van der Waals surface area contributed by atoms with Crippen LogP contribution < -0.4 is 27.7 Å². The zero-order valence-electron chi connectivity index (χ0n) is 11.6. The molecule has 0 unspecified atom stereocenters. The summed E-state index contributed by atoms with van der Waals surface area (Å²) in [5.41, 5.74) is 3.23. The number of anilines is 1. The fourth-order valence-electron chi connectivity index (χ4n) is 2.05. The SMILES string of the molecule is C[N+](C)=c1ccc2nc3ccc(N[11CH3])cc3sc-2c1.[Cl-]. The van der Waals surface area contributed by atoms with Crippen molar-refractivity contribution in [3.05, 3.63) is 41.8 Å². The Labute approximate surface area is 128 Å². The maximum Gasteiger partial charge on any atom is 0.201 e. The van der Waals surface area contributed by atoms with Crippen LogP contribution in [0.3, 0.4) is 0 Å². The Kier molecular flexibility index (Phi) is 4.26. The van der Waals surface area contributed by atoms with E-state index in [1.165, 1.54) is 14.9 Å². The molecular weight excluding hydrogens is 289 g/mol. The maximum atomic E-state index is 4.72. The third-order valence-electron chi connectivity index (χ3n) is 3.17. The molecule has 0 saturated heterocycles. The molecule has 0 atom stereocenters. The number of aromatic nitrogens is 1. The summed E-state index contributed by atoms with van der Waals surface area (Å²) in [4.78, 5) is 5.93. The number of nitrogens with one attached hydrogen (secondary N) is 1. The summed E-state index contributed by atoms with van der Waals surface area (Å²) in [6, 6.07) is 12.7. The molecular formula is C15H16ClN3S. The third-order valence-corrected chi connectivity index (χ3v) is 4.26. The molecule has 1 aliphatic heterocycles. The molecule has 5 heteroatoms. The fraction of sp³-hybridized carbons (Fsp3) is 0.200. The lowest BCUT2D eigenvalue weighted by molar-refractivity contribution is -0.00000383. The Morgan fingerprint density at radius 2 is 1.90 bits per heavy atom. The predicted octanol–water partition coefficient (Wildman–Crippen LogP) is -0.521. The first-order chi connectivity index (χ1) is 9.17. The van der Waals surface area contributed by atoms with E-state index in [9.17, 15) is 0 Å². The summed E-state index contributed by atoms with van der Waals surface area (Å²) in [6.45, 7) is 0. The average molecular weight is 305 g/mol. The van der Waals surface area contributed by atoms with E-state index in [2.05, 4.69) is 60.4 Å². The summed E-state index contributed by atoms with van der Waals surface area (Å²) < 4.78 is 3.32. The lowest BCUT2D eigenvalue weighted by Gasteiger charge is -2.07. The van der Waals surface area contributed by atoms with Crippen molar-refractivity contribution in [2.45, 2.75) is 0 Å². The number of hydrogen-bond donors (Lipinski definition) is 1. The summed E-state index contributed by atoms with van der Waals surface area (Å²) >= 11 is 1.78. The van der Waals surface area contributed by atoms with Crippen LogP contribution in [0.1, 0.15) is 0 Å². The van der Waals surface area contributed by atoms with Crippen LogP contribution in [0.5, 0.6) is 0 Å². The molecule has 1 aromatic rings. The summed E-state index contributed by atoms with van der Waals surface area (Å²) in [5, 5.41) is 4.37. The van der Waals surface area contributed by atoms with E-state index in [1.807, 2.05) is 7.05 Å². The number of fused-ring (bicyclic) bond motifs is 2. The molecule has 0 aromatic heterocycles. The molecule has 0 bridgehead atoms. The predicted molar refractivity (Wildman–Crippen MR) is 82.9 cm³/mol. The number of nitrogens with zero attached hydrogens (tertiary/aromatic N) is 2. The van der Waals surface area contributed by atoms with Gasteiger partial charge in [-0.05, 0) is 24.3 Å². The lowest BCUT2D eigenvalue weighted by Crippen LogP contribution is -3.00. The van der Waals surface area contributed by atoms with Gasteiger partial charge < -0.3 is 17.7 Å². The van der Waals surface area contributed by atoms with E-state index in [-0.39, 0.29) is 12.4 Å². The van der Waals surface area contributed by atoms with Gasteiger partial charge in [0, 0.05) is 24.9 Å². The van der Waals surface area contributed by atoms with Gasteiger partial charge in [0.25, 0.3) is 0 Å². The smallest absolute Gasteiger partial charge is 0.201 e. The van der Waals surface area contributed by atoms with Gasteiger partial charge in [0.05, 0.1) is 20.8 Å².